The Kier molecular flexibility index (Phi) is 4.45. The third-order valence-electron chi connectivity index (χ3n) is 2.86. The fourth-order valence-corrected chi connectivity index (χ4v) is 2.01. The van der Waals surface area contributed by atoms with Crippen molar-refractivity contribution < 1.29 is 19.8 Å². The number of carboxylic acid groups (broad SMARTS) is 1. The van der Waals surface area contributed by atoms with Crippen molar-refractivity contribution in [3.05, 3.63) is 64.7 Å². The van der Waals surface area contributed by atoms with E-state index >= 15 is 0 Å². The Balaban J connectivity index is 2.25. The number of aliphatic carboxylic acids is 1. The predicted octanol–water partition coefficient (Wildman–Crippen LogP) is 2.60. The normalized spacial score (nSPS) is 11.7. The number of phenols is 1. The van der Waals surface area contributed by atoms with Crippen molar-refractivity contribution in [2.24, 2.45) is 0 Å². The molecule has 0 fully saturated rings. The number of carbonyl (C=O) groups excluding carboxylic acids is 1. The predicted molar refractivity (Wildman–Crippen MR) is 77.4 cm³/mol. The quantitative estimate of drug-likeness (QED) is 0.810. The van der Waals surface area contributed by atoms with Gasteiger partial charge in [-0.05, 0) is 23.8 Å². The first kappa shape index (κ1) is 14.9. The molecule has 21 heavy (non-hydrogen) atoms. The van der Waals surface area contributed by atoms with E-state index in [4.69, 9.17) is 11.6 Å². The average molecular weight is 306 g/mol. The molecule has 2 aromatic carbocycles. The molecule has 2 rings (SSSR count). The second-order valence-electron chi connectivity index (χ2n) is 4.32. The number of aromatic hydroxyl groups is 1. The number of phenolic OH excluding ortho intramolecular Hbond substituents is 1. The second-order valence-corrected chi connectivity index (χ2v) is 4.75. The number of amides is 1. The van der Waals surface area contributed by atoms with Crippen molar-refractivity contribution in [3.8, 4) is 5.75 Å². The summed E-state index contributed by atoms with van der Waals surface area (Å²) in [5.74, 6) is -2.19. The van der Waals surface area contributed by atoms with Crippen molar-refractivity contribution in [2.45, 2.75) is 6.04 Å². The highest BCUT2D eigenvalue weighted by atomic mass is 35.5. The van der Waals surface area contributed by atoms with Gasteiger partial charge in [0.1, 0.15) is 5.75 Å². The fourth-order valence-electron chi connectivity index (χ4n) is 1.84. The Labute approximate surface area is 125 Å². The zero-order valence-corrected chi connectivity index (χ0v) is 11.5. The minimum atomic E-state index is -1.20. The first-order valence-corrected chi connectivity index (χ1v) is 6.44. The molecule has 0 spiro atoms. The molecule has 0 bridgehead atoms. The number of carbonyl (C=O) groups is 2. The van der Waals surface area contributed by atoms with Crippen LogP contribution >= 0.6 is 11.6 Å². The molecule has 6 heteroatoms. The summed E-state index contributed by atoms with van der Waals surface area (Å²) in [7, 11) is 0. The van der Waals surface area contributed by atoms with Crippen LogP contribution in [0.4, 0.5) is 0 Å². The van der Waals surface area contributed by atoms with E-state index in [0.29, 0.717) is 5.56 Å². The van der Waals surface area contributed by atoms with Crippen LogP contribution in [0.15, 0.2) is 48.5 Å². The van der Waals surface area contributed by atoms with Gasteiger partial charge in [-0.1, -0.05) is 41.9 Å². The van der Waals surface area contributed by atoms with E-state index in [1.165, 1.54) is 18.2 Å². The van der Waals surface area contributed by atoms with Crippen LogP contribution in [-0.4, -0.2) is 22.1 Å². The van der Waals surface area contributed by atoms with Crippen LogP contribution in [-0.2, 0) is 4.79 Å². The van der Waals surface area contributed by atoms with Crippen molar-refractivity contribution in [1.82, 2.24) is 5.32 Å². The van der Waals surface area contributed by atoms with E-state index in [0.717, 1.165) is 0 Å². The van der Waals surface area contributed by atoms with Gasteiger partial charge in [0.15, 0.2) is 6.04 Å². The Hall–Kier alpha value is -2.53. The number of nitrogens with one attached hydrogen (secondary N) is 1. The van der Waals surface area contributed by atoms with Crippen LogP contribution in [0.2, 0.25) is 5.02 Å². The standard InChI is InChI=1S/C15H12ClNO4/c16-10-6-7-11(12(18)8-10)14(19)17-13(15(20)21)9-4-2-1-3-5-9/h1-8,13,18H,(H,17,19)(H,20,21)/t13-/m0/s1. The summed E-state index contributed by atoms with van der Waals surface area (Å²) >= 11 is 5.69. The first-order valence-electron chi connectivity index (χ1n) is 6.06. The number of rotatable bonds is 4. The summed E-state index contributed by atoms with van der Waals surface area (Å²) in [6.07, 6.45) is 0. The Morgan fingerprint density at radius 2 is 1.76 bits per heavy atom. The van der Waals surface area contributed by atoms with Gasteiger partial charge in [-0.2, -0.15) is 0 Å². The molecule has 0 aliphatic carbocycles. The maximum absolute atomic E-state index is 12.1. The number of halogens is 1. The molecule has 1 atom stereocenters. The van der Waals surface area contributed by atoms with Crippen LogP contribution < -0.4 is 5.32 Å². The largest absolute Gasteiger partial charge is 0.507 e. The van der Waals surface area contributed by atoms with Crippen molar-refractivity contribution in [1.29, 1.82) is 0 Å². The smallest absolute Gasteiger partial charge is 0.330 e. The molecule has 0 aliphatic rings. The molecule has 0 unspecified atom stereocenters. The van der Waals surface area contributed by atoms with Gasteiger partial charge in [0.2, 0.25) is 0 Å². The number of benzene rings is 2. The van der Waals surface area contributed by atoms with E-state index in [1.807, 2.05) is 0 Å². The maximum Gasteiger partial charge on any atom is 0.330 e. The highest BCUT2D eigenvalue weighted by Gasteiger charge is 2.23. The molecule has 0 aromatic heterocycles. The lowest BCUT2D eigenvalue weighted by Crippen LogP contribution is -2.33. The fraction of sp³-hybridized carbons (Fsp3) is 0.0667. The lowest BCUT2D eigenvalue weighted by atomic mass is 10.1. The Morgan fingerprint density at radius 3 is 2.33 bits per heavy atom. The first-order chi connectivity index (χ1) is 9.99. The van der Waals surface area contributed by atoms with Gasteiger partial charge < -0.3 is 15.5 Å². The summed E-state index contributed by atoms with van der Waals surface area (Å²) in [5, 5.41) is 21.6. The zero-order chi connectivity index (χ0) is 15.4. The molecular formula is C15H12ClNO4. The van der Waals surface area contributed by atoms with E-state index in [-0.39, 0.29) is 16.3 Å². The highest BCUT2D eigenvalue weighted by molar-refractivity contribution is 6.30. The van der Waals surface area contributed by atoms with Crippen molar-refractivity contribution in [2.75, 3.05) is 0 Å². The Morgan fingerprint density at radius 1 is 1.10 bits per heavy atom. The SMILES string of the molecule is O=C(N[C@H](C(=O)O)c1ccccc1)c1ccc(Cl)cc1O. The minimum absolute atomic E-state index is 0.0402. The van der Waals surface area contributed by atoms with Gasteiger partial charge in [-0.25, -0.2) is 4.79 Å². The molecule has 3 N–H and O–H groups in total. The topological polar surface area (TPSA) is 86.6 Å². The maximum atomic E-state index is 12.1. The highest BCUT2D eigenvalue weighted by Crippen LogP contribution is 2.23. The molecule has 0 aliphatic heterocycles. The summed E-state index contributed by atoms with van der Waals surface area (Å²) in [6, 6.07) is 11.1. The van der Waals surface area contributed by atoms with E-state index in [1.54, 1.807) is 30.3 Å². The van der Waals surface area contributed by atoms with Crippen LogP contribution in [0.1, 0.15) is 22.0 Å². The minimum Gasteiger partial charge on any atom is -0.507 e. The second kappa shape index (κ2) is 6.28. The lowest BCUT2D eigenvalue weighted by molar-refractivity contribution is -0.139. The monoisotopic (exact) mass is 305 g/mol. The van der Waals surface area contributed by atoms with E-state index in [9.17, 15) is 19.8 Å². The molecule has 0 saturated carbocycles. The number of carboxylic acids is 1. The van der Waals surface area contributed by atoms with E-state index in [2.05, 4.69) is 5.32 Å². The zero-order valence-electron chi connectivity index (χ0n) is 10.8. The number of hydrogen-bond donors (Lipinski definition) is 3. The van der Waals surface area contributed by atoms with E-state index < -0.39 is 17.9 Å². The van der Waals surface area contributed by atoms with Gasteiger partial charge in [0.25, 0.3) is 5.91 Å². The van der Waals surface area contributed by atoms with Gasteiger partial charge in [-0.15, -0.1) is 0 Å². The van der Waals surface area contributed by atoms with Crippen LogP contribution in [0, 0.1) is 0 Å². The Bertz CT molecular complexity index is 673. The van der Waals surface area contributed by atoms with Crippen molar-refractivity contribution in [3.63, 3.8) is 0 Å². The molecular weight excluding hydrogens is 294 g/mol. The molecule has 2 aromatic rings. The molecule has 0 radical (unpaired) electrons. The third-order valence-corrected chi connectivity index (χ3v) is 3.09. The molecule has 108 valence electrons. The van der Waals surface area contributed by atoms with Crippen LogP contribution in [0.25, 0.3) is 0 Å². The van der Waals surface area contributed by atoms with Gasteiger partial charge >= 0.3 is 5.97 Å². The summed E-state index contributed by atoms with van der Waals surface area (Å²) in [6.45, 7) is 0. The molecule has 0 saturated heterocycles. The van der Waals surface area contributed by atoms with Crippen molar-refractivity contribution >= 4 is 23.5 Å². The lowest BCUT2D eigenvalue weighted by Gasteiger charge is -2.15. The molecule has 5 nitrogen and oxygen atoms in total. The number of hydrogen-bond acceptors (Lipinski definition) is 3. The molecule has 1 amide bonds. The average Bonchev–Trinajstić information content (AvgIpc) is 2.45. The van der Waals surface area contributed by atoms with Gasteiger partial charge in [0, 0.05) is 5.02 Å². The summed E-state index contributed by atoms with van der Waals surface area (Å²) in [5.41, 5.74) is 0.397. The van der Waals surface area contributed by atoms with Crippen LogP contribution in [0.3, 0.4) is 0 Å². The summed E-state index contributed by atoms with van der Waals surface area (Å²) < 4.78 is 0. The molecule has 0 heterocycles. The summed E-state index contributed by atoms with van der Waals surface area (Å²) in [4.78, 5) is 23.4. The van der Waals surface area contributed by atoms with Gasteiger partial charge in [-0.3, -0.25) is 4.79 Å². The van der Waals surface area contributed by atoms with Crippen LogP contribution in [0.5, 0.6) is 5.75 Å². The third kappa shape index (κ3) is 3.52. The van der Waals surface area contributed by atoms with Gasteiger partial charge in [0.05, 0.1) is 5.56 Å².